The van der Waals surface area contributed by atoms with Crippen LogP contribution >= 0.6 is 0 Å². The molecule has 3 rings (SSSR count). The van der Waals surface area contributed by atoms with E-state index in [-0.39, 0.29) is 42.5 Å². The number of benzene rings is 2. The minimum absolute atomic E-state index is 0.0167. The van der Waals surface area contributed by atoms with Crippen LogP contribution in [-0.4, -0.2) is 55.8 Å². The molecule has 0 aliphatic carbocycles. The number of amides is 2. The fourth-order valence-corrected chi connectivity index (χ4v) is 4.23. The number of hydrogen-bond donors (Lipinski definition) is 3. The van der Waals surface area contributed by atoms with Gasteiger partial charge in [0.25, 0.3) is 5.91 Å². The van der Waals surface area contributed by atoms with Crippen LogP contribution in [-0.2, 0) is 14.8 Å². The summed E-state index contributed by atoms with van der Waals surface area (Å²) >= 11 is 0. The van der Waals surface area contributed by atoms with Gasteiger partial charge in [0.1, 0.15) is 0 Å². The normalized spacial score (nSPS) is 16.2. The van der Waals surface area contributed by atoms with Gasteiger partial charge in [-0.1, -0.05) is 30.3 Å². The first kappa shape index (κ1) is 20.0. The van der Waals surface area contributed by atoms with E-state index >= 15 is 0 Å². The number of hydrogen-bond acceptors (Lipinski definition) is 5. The molecule has 1 unspecified atom stereocenters. The van der Waals surface area contributed by atoms with Gasteiger partial charge in [0.05, 0.1) is 17.5 Å². The van der Waals surface area contributed by atoms with Gasteiger partial charge in [-0.25, -0.2) is 8.42 Å². The third kappa shape index (κ3) is 4.56. The van der Waals surface area contributed by atoms with E-state index in [1.165, 1.54) is 24.3 Å². The monoisotopic (exact) mass is 403 g/mol. The van der Waals surface area contributed by atoms with Crippen molar-refractivity contribution in [3.05, 3.63) is 65.7 Å². The number of nitrogens with one attached hydrogen (secondary N) is 2. The van der Waals surface area contributed by atoms with Gasteiger partial charge in [0, 0.05) is 25.2 Å². The molecule has 1 aliphatic heterocycles. The van der Waals surface area contributed by atoms with Crippen molar-refractivity contribution < 1.29 is 23.1 Å². The molecule has 2 aromatic carbocycles. The van der Waals surface area contributed by atoms with Crippen LogP contribution in [0.2, 0.25) is 0 Å². The number of piperazine rings is 1. The molecule has 0 radical (unpaired) electrons. The lowest BCUT2D eigenvalue weighted by Gasteiger charge is -2.25. The lowest BCUT2D eigenvalue weighted by Crippen LogP contribution is -2.49. The molecule has 2 amide bonds. The van der Waals surface area contributed by atoms with Gasteiger partial charge in [0.15, 0.2) is 0 Å². The van der Waals surface area contributed by atoms with Crippen molar-refractivity contribution in [1.82, 2.24) is 14.9 Å². The molecule has 1 fully saturated rings. The molecule has 0 aromatic heterocycles. The molecule has 9 heteroatoms. The van der Waals surface area contributed by atoms with Gasteiger partial charge in [0.2, 0.25) is 15.9 Å². The number of nitrogens with zero attached hydrogens (tertiary/aromatic N) is 1. The Hall–Kier alpha value is -2.75. The second-order valence-electron chi connectivity index (χ2n) is 6.35. The molecule has 1 heterocycles. The van der Waals surface area contributed by atoms with Crippen LogP contribution in [0.4, 0.5) is 0 Å². The first-order chi connectivity index (χ1) is 13.4. The molecular formula is C19H21N3O5S. The van der Waals surface area contributed by atoms with Crippen molar-refractivity contribution >= 4 is 21.8 Å². The van der Waals surface area contributed by atoms with E-state index in [1.54, 1.807) is 24.3 Å². The number of aliphatic hydroxyl groups excluding tert-OH is 1. The van der Waals surface area contributed by atoms with E-state index in [0.29, 0.717) is 5.56 Å². The highest BCUT2D eigenvalue weighted by molar-refractivity contribution is 7.89. The zero-order chi connectivity index (χ0) is 20.1. The Labute approximate surface area is 163 Å². The van der Waals surface area contributed by atoms with Gasteiger partial charge in [-0.05, 0) is 29.8 Å². The van der Waals surface area contributed by atoms with Crippen molar-refractivity contribution in [1.29, 1.82) is 0 Å². The minimum Gasteiger partial charge on any atom is -0.387 e. The summed E-state index contributed by atoms with van der Waals surface area (Å²) in [6.07, 6.45) is -0.838. The summed E-state index contributed by atoms with van der Waals surface area (Å²) in [7, 11) is -3.80. The van der Waals surface area contributed by atoms with E-state index in [1.807, 2.05) is 6.07 Å². The van der Waals surface area contributed by atoms with Crippen molar-refractivity contribution in [3.8, 4) is 0 Å². The molecule has 1 aliphatic rings. The third-order valence-corrected chi connectivity index (χ3v) is 6.26. The molecule has 148 valence electrons. The van der Waals surface area contributed by atoms with Crippen LogP contribution in [0.15, 0.2) is 59.5 Å². The van der Waals surface area contributed by atoms with Crippen molar-refractivity contribution in [3.63, 3.8) is 0 Å². The van der Waals surface area contributed by atoms with Crippen LogP contribution in [0.3, 0.4) is 0 Å². The van der Waals surface area contributed by atoms with Gasteiger partial charge >= 0.3 is 0 Å². The highest BCUT2D eigenvalue weighted by Crippen LogP contribution is 2.17. The SMILES string of the molecule is O=C1CN(S(=O)(=O)c2ccc(C(=O)NCC(O)c3ccccc3)cc2)CCN1. The first-order valence-corrected chi connectivity index (χ1v) is 10.2. The van der Waals surface area contributed by atoms with Crippen LogP contribution in [0.25, 0.3) is 0 Å². The number of carbonyl (C=O) groups is 2. The highest BCUT2D eigenvalue weighted by atomic mass is 32.2. The van der Waals surface area contributed by atoms with Gasteiger partial charge in [-0.2, -0.15) is 4.31 Å². The van der Waals surface area contributed by atoms with Crippen LogP contribution in [0, 0.1) is 0 Å². The largest absolute Gasteiger partial charge is 0.387 e. The maximum absolute atomic E-state index is 12.6. The Kier molecular flexibility index (Phi) is 6.08. The number of sulfonamides is 1. The topological polar surface area (TPSA) is 116 Å². The second kappa shape index (κ2) is 8.51. The fraction of sp³-hybridized carbons (Fsp3) is 0.263. The maximum atomic E-state index is 12.6. The number of carbonyl (C=O) groups excluding carboxylic acids is 2. The summed E-state index contributed by atoms with van der Waals surface area (Å²) in [5.74, 6) is -0.765. The standard InChI is InChI=1S/C19H21N3O5S/c23-17(14-4-2-1-3-5-14)12-21-19(25)15-6-8-16(9-7-15)28(26,27)22-11-10-20-18(24)13-22/h1-9,17,23H,10-13H2,(H,20,24)(H,21,25). The molecular weight excluding hydrogens is 382 g/mol. The number of aliphatic hydroxyl groups is 1. The van der Waals surface area contributed by atoms with Gasteiger partial charge < -0.3 is 15.7 Å². The van der Waals surface area contributed by atoms with Crippen molar-refractivity contribution in [2.24, 2.45) is 0 Å². The minimum atomic E-state index is -3.80. The van der Waals surface area contributed by atoms with Gasteiger partial charge in [-0.3, -0.25) is 9.59 Å². The van der Waals surface area contributed by atoms with Crippen molar-refractivity contribution in [2.45, 2.75) is 11.0 Å². The zero-order valence-electron chi connectivity index (χ0n) is 15.0. The van der Waals surface area contributed by atoms with E-state index in [4.69, 9.17) is 0 Å². The molecule has 0 saturated carbocycles. The highest BCUT2D eigenvalue weighted by Gasteiger charge is 2.29. The maximum Gasteiger partial charge on any atom is 0.251 e. The fourth-order valence-electron chi connectivity index (χ4n) is 2.83. The van der Waals surface area contributed by atoms with Crippen LogP contribution < -0.4 is 10.6 Å². The molecule has 0 spiro atoms. The Morgan fingerprint density at radius 3 is 2.46 bits per heavy atom. The number of rotatable bonds is 6. The average molecular weight is 403 g/mol. The molecule has 8 nitrogen and oxygen atoms in total. The summed E-state index contributed by atoms with van der Waals surface area (Å²) in [5, 5.41) is 15.3. The average Bonchev–Trinajstić information content (AvgIpc) is 2.72. The molecule has 28 heavy (non-hydrogen) atoms. The molecule has 1 saturated heterocycles. The first-order valence-electron chi connectivity index (χ1n) is 8.76. The Morgan fingerprint density at radius 1 is 1.14 bits per heavy atom. The van der Waals surface area contributed by atoms with Crippen LogP contribution in [0.5, 0.6) is 0 Å². The molecule has 1 atom stereocenters. The lowest BCUT2D eigenvalue weighted by atomic mass is 10.1. The van der Waals surface area contributed by atoms with E-state index in [0.717, 1.165) is 4.31 Å². The summed E-state index contributed by atoms with van der Waals surface area (Å²) in [4.78, 5) is 23.7. The Morgan fingerprint density at radius 2 is 1.82 bits per heavy atom. The summed E-state index contributed by atoms with van der Waals surface area (Å²) < 4.78 is 26.3. The Bertz CT molecular complexity index is 945. The second-order valence-corrected chi connectivity index (χ2v) is 8.29. The van der Waals surface area contributed by atoms with E-state index in [2.05, 4.69) is 10.6 Å². The summed E-state index contributed by atoms with van der Waals surface area (Å²) in [6, 6.07) is 14.4. The van der Waals surface area contributed by atoms with Crippen LogP contribution in [0.1, 0.15) is 22.0 Å². The third-order valence-electron chi connectivity index (χ3n) is 4.40. The quantitative estimate of drug-likeness (QED) is 0.640. The Balaban J connectivity index is 1.63. The zero-order valence-corrected chi connectivity index (χ0v) is 15.9. The summed E-state index contributed by atoms with van der Waals surface area (Å²) in [6.45, 7) is 0.281. The van der Waals surface area contributed by atoms with E-state index < -0.39 is 22.0 Å². The molecule has 0 bridgehead atoms. The lowest BCUT2D eigenvalue weighted by molar-refractivity contribution is -0.122. The molecule has 3 N–H and O–H groups in total. The molecule has 2 aromatic rings. The van der Waals surface area contributed by atoms with Gasteiger partial charge in [-0.15, -0.1) is 0 Å². The van der Waals surface area contributed by atoms with E-state index in [9.17, 15) is 23.1 Å². The smallest absolute Gasteiger partial charge is 0.251 e. The summed E-state index contributed by atoms with van der Waals surface area (Å²) in [5.41, 5.74) is 0.963. The predicted molar refractivity (Wildman–Crippen MR) is 102 cm³/mol. The predicted octanol–water partition coefficient (Wildman–Crippen LogP) is 0.270. The van der Waals surface area contributed by atoms with Crippen molar-refractivity contribution in [2.75, 3.05) is 26.2 Å².